The number of aromatic nitrogens is 1. The van der Waals surface area contributed by atoms with Gasteiger partial charge < -0.3 is 9.67 Å². The number of hydrogen-bond acceptors (Lipinski definition) is 3. The van der Waals surface area contributed by atoms with E-state index < -0.39 is 5.97 Å². The Kier molecular flexibility index (Phi) is 4.97. The molecule has 0 aromatic carbocycles. The molecule has 0 saturated carbocycles. The summed E-state index contributed by atoms with van der Waals surface area (Å²) >= 11 is 1.54. The zero-order valence-electron chi connectivity index (χ0n) is 8.26. The fraction of sp³-hybridized carbons (Fsp3) is 0.400. The van der Waals surface area contributed by atoms with E-state index in [0.717, 1.165) is 5.75 Å². The van der Waals surface area contributed by atoms with Crippen molar-refractivity contribution in [3.8, 4) is 0 Å². The summed E-state index contributed by atoms with van der Waals surface area (Å²) in [4.78, 5) is 21.5. The lowest BCUT2D eigenvalue weighted by atomic mass is 10.5. The molecule has 0 radical (unpaired) electrons. The van der Waals surface area contributed by atoms with Crippen molar-refractivity contribution in [3.63, 3.8) is 0 Å². The maximum atomic E-state index is 11.3. The minimum absolute atomic E-state index is 0.0173. The average molecular weight is 227 g/mol. The Labute approximate surface area is 91.9 Å². The molecule has 82 valence electrons. The van der Waals surface area contributed by atoms with Gasteiger partial charge >= 0.3 is 5.97 Å². The monoisotopic (exact) mass is 227 g/mol. The van der Waals surface area contributed by atoms with Gasteiger partial charge in [-0.1, -0.05) is 6.07 Å². The molecule has 0 amide bonds. The predicted octanol–water partition coefficient (Wildman–Crippen LogP) is 1.06. The van der Waals surface area contributed by atoms with Gasteiger partial charge in [0.2, 0.25) is 0 Å². The highest BCUT2D eigenvalue weighted by Crippen LogP contribution is 2.02. The van der Waals surface area contributed by atoms with Crippen LogP contribution in [0.1, 0.15) is 6.42 Å². The Morgan fingerprint density at radius 3 is 2.87 bits per heavy atom. The van der Waals surface area contributed by atoms with Crippen molar-refractivity contribution in [1.29, 1.82) is 0 Å². The minimum atomic E-state index is -0.778. The third kappa shape index (κ3) is 4.69. The highest BCUT2D eigenvalue weighted by Gasteiger charge is 1.97. The van der Waals surface area contributed by atoms with Crippen molar-refractivity contribution in [2.24, 2.45) is 0 Å². The highest BCUT2D eigenvalue weighted by molar-refractivity contribution is 7.99. The van der Waals surface area contributed by atoms with Crippen molar-refractivity contribution in [2.75, 3.05) is 11.5 Å². The van der Waals surface area contributed by atoms with E-state index in [1.54, 1.807) is 28.6 Å². The standard InChI is InChI=1S/C10H13NO3S/c12-9-3-1-2-5-11(9)6-8-15-7-4-10(13)14/h1-3,5H,4,6-8H2,(H,13,14). The van der Waals surface area contributed by atoms with Crippen LogP contribution in [0.4, 0.5) is 0 Å². The number of carboxylic acid groups (broad SMARTS) is 1. The molecule has 0 saturated heterocycles. The van der Waals surface area contributed by atoms with E-state index in [9.17, 15) is 9.59 Å². The molecule has 1 N–H and O–H groups in total. The summed E-state index contributed by atoms with van der Waals surface area (Å²) in [5, 5.41) is 8.41. The largest absolute Gasteiger partial charge is 0.481 e. The molecule has 0 spiro atoms. The summed E-state index contributed by atoms with van der Waals surface area (Å²) in [6, 6.07) is 5.03. The molecule has 0 bridgehead atoms. The van der Waals surface area contributed by atoms with Crippen molar-refractivity contribution in [2.45, 2.75) is 13.0 Å². The van der Waals surface area contributed by atoms with E-state index in [0.29, 0.717) is 12.3 Å². The van der Waals surface area contributed by atoms with Gasteiger partial charge in [-0.3, -0.25) is 9.59 Å². The maximum Gasteiger partial charge on any atom is 0.304 e. The van der Waals surface area contributed by atoms with Gasteiger partial charge in [0.15, 0.2) is 0 Å². The van der Waals surface area contributed by atoms with Gasteiger partial charge in [-0.2, -0.15) is 11.8 Å². The van der Waals surface area contributed by atoms with Crippen LogP contribution in [0.2, 0.25) is 0 Å². The lowest BCUT2D eigenvalue weighted by Crippen LogP contribution is -2.18. The first-order chi connectivity index (χ1) is 7.20. The molecule has 0 aliphatic heterocycles. The second kappa shape index (κ2) is 6.29. The van der Waals surface area contributed by atoms with E-state index in [1.165, 1.54) is 6.07 Å². The van der Waals surface area contributed by atoms with Crippen molar-refractivity contribution < 1.29 is 9.90 Å². The van der Waals surface area contributed by atoms with Gasteiger partial charge in [-0.05, 0) is 6.07 Å². The summed E-state index contributed by atoms with van der Waals surface area (Å²) in [5.41, 5.74) is -0.0173. The van der Waals surface area contributed by atoms with E-state index in [2.05, 4.69) is 0 Å². The Balaban J connectivity index is 2.24. The van der Waals surface area contributed by atoms with Crippen LogP contribution in [0.25, 0.3) is 0 Å². The van der Waals surface area contributed by atoms with E-state index in [1.807, 2.05) is 6.07 Å². The molecular weight excluding hydrogens is 214 g/mol. The number of aliphatic carboxylic acids is 1. The van der Waals surface area contributed by atoms with Gasteiger partial charge in [-0.25, -0.2) is 0 Å². The van der Waals surface area contributed by atoms with Crippen LogP contribution < -0.4 is 5.56 Å². The summed E-state index contributed by atoms with van der Waals surface area (Å²) in [5.74, 6) is 0.577. The third-order valence-electron chi connectivity index (χ3n) is 1.84. The smallest absolute Gasteiger partial charge is 0.304 e. The van der Waals surface area contributed by atoms with E-state index in [-0.39, 0.29) is 12.0 Å². The molecule has 1 aromatic heterocycles. The first-order valence-corrected chi connectivity index (χ1v) is 5.80. The first kappa shape index (κ1) is 11.8. The SMILES string of the molecule is O=C(O)CCSCCn1ccccc1=O. The fourth-order valence-corrected chi connectivity index (χ4v) is 1.92. The number of aryl methyl sites for hydroxylation is 1. The number of thioether (sulfide) groups is 1. The van der Waals surface area contributed by atoms with Crippen LogP contribution in [-0.4, -0.2) is 27.1 Å². The maximum absolute atomic E-state index is 11.3. The molecule has 1 rings (SSSR count). The quantitative estimate of drug-likeness (QED) is 0.738. The van der Waals surface area contributed by atoms with Gasteiger partial charge in [0.1, 0.15) is 0 Å². The number of pyridine rings is 1. The Morgan fingerprint density at radius 2 is 2.20 bits per heavy atom. The van der Waals surface area contributed by atoms with Gasteiger partial charge in [0.25, 0.3) is 5.56 Å². The van der Waals surface area contributed by atoms with Gasteiger partial charge in [0.05, 0.1) is 6.42 Å². The second-order valence-electron chi connectivity index (χ2n) is 2.99. The normalized spacial score (nSPS) is 10.1. The number of carboxylic acids is 1. The number of nitrogens with zero attached hydrogens (tertiary/aromatic N) is 1. The van der Waals surface area contributed by atoms with Crippen LogP contribution in [-0.2, 0) is 11.3 Å². The molecule has 1 aromatic rings. The fourth-order valence-electron chi connectivity index (χ4n) is 1.07. The predicted molar refractivity (Wildman–Crippen MR) is 60.3 cm³/mol. The molecule has 5 heteroatoms. The summed E-state index contributed by atoms with van der Waals surface area (Å²) in [6.45, 7) is 0.629. The molecule has 0 aliphatic carbocycles. The zero-order chi connectivity index (χ0) is 11.1. The Bertz CT molecular complexity index is 375. The number of rotatable bonds is 6. The van der Waals surface area contributed by atoms with Crippen molar-refractivity contribution in [3.05, 3.63) is 34.7 Å². The first-order valence-electron chi connectivity index (χ1n) is 4.65. The van der Waals surface area contributed by atoms with Crippen LogP contribution >= 0.6 is 11.8 Å². The number of hydrogen-bond donors (Lipinski definition) is 1. The Morgan fingerprint density at radius 1 is 1.40 bits per heavy atom. The van der Waals surface area contributed by atoms with Crippen LogP contribution in [0.15, 0.2) is 29.2 Å². The molecular formula is C10H13NO3S. The molecule has 0 unspecified atom stereocenters. The summed E-state index contributed by atoms with van der Waals surface area (Å²) < 4.78 is 1.62. The third-order valence-corrected chi connectivity index (χ3v) is 2.80. The molecule has 1 heterocycles. The van der Waals surface area contributed by atoms with Gasteiger partial charge in [0, 0.05) is 30.3 Å². The molecule has 15 heavy (non-hydrogen) atoms. The lowest BCUT2D eigenvalue weighted by molar-refractivity contribution is -0.136. The second-order valence-corrected chi connectivity index (χ2v) is 4.21. The molecule has 0 atom stereocenters. The molecule has 0 fully saturated rings. The zero-order valence-corrected chi connectivity index (χ0v) is 9.07. The lowest BCUT2D eigenvalue weighted by Gasteiger charge is -2.03. The average Bonchev–Trinajstić information content (AvgIpc) is 2.20. The van der Waals surface area contributed by atoms with E-state index in [4.69, 9.17) is 5.11 Å². The minimum Gasteiger partial charge on any atom is -0.481 e. The molecule has 0 aliphatic rings. The van der Waals surface area contributed by atoms with Crippen LogP contribution in [0, 0.1) is 0 Å². The highest BCUT2D eigenvalue weighted by atomic mass is 32.2. The van der Waals surface area contributed by atoms with Crippen LogP contribution in [0.3, 0.4) is 0 Å². The topological polar surface area (TPSA) is 59.3 Å². The summed E-state index contributed by atoms with van der Waals surface area (Å²) in [7, 11) is 0. The van der Waals surface area contributed by atoms with Crippen LogP contribution in [0.5, 0.6) is 0 Å². The van der Waals surface area contributed by atoms with Gasteiger partial charge in [-0.15, -0.1) is 0 Å². The van der Waals surface area contributed by atoms with Crippen molar-refractivity contribution >= 4 is 17.7 Å². The van der Waals surface area contributed by atoms with Crippen molar-refractivity contribution in [1.82, 2.24) is 4.57 Å². The number of carbonyl (C=O) groups is 1. The van der Waals surface area contributed by atoms with E-state index >= 15 is 0 Å². The summed E-state index contributed by atoms with van der Waals surface area (Å²) in [6.07, 6.45) is 1.91. The molecule has 4 nitrogen and oxygen atoms in total. The Hall–Kier alpha value is -1.23.